The largest absolute Gasteiger partial charge is 0.399 e. The van der Waals surface area contributed by atoms with Crippen molar-refractivity contribution in [1.29, 1.82) is 0 Å². The summed E-state index contributed by atoms with van der Waals surface area (Å²) in [6, 6.07) is 5.61. The fourth-order valence-electron chi connectivity index (χ4n) is 1.84. The molecule has 3 nitrogen and oxygen atoms in total. The van der Waals surface area contributed by atoms with E-state index in [1.54, 1.807) is 0 Å². The molecule has 0 heterocycles. The Kier molecular flexibility index (Phi) is 4.87. The van der Waals surface area contributed by atoms with Gasteiger partial charge in [0.15, 0.2) is 0 Å². The van der Waals surface area contributed by atoms with Crippen LogP contribution in [-0.2, 0) is 11.3 Å². The molecular weight excluding hydrogens is 248 g/mol. The van der Waals surface area contributed by atoms with Crippen molar-refractivity contribution in [2.75, 3.05) is 32.5 Å². The van der Waals surface area contributed by atoms with E-state index in [0.29, 0.717) is 0 Å². The van der Waals surface area contributed by atoms with Crippen LogP contribution < -0.4 is 5.73 Å². The Labute approximate surface area is 114 Å². The molecule has 1 aromatic carbocycles. The highest BCUT2D eigenvalue weighted by atomic mass is 35.5. The summed E-state index contributed by atoms with van der Waals surface area (Å²) in [5, 5.41) is 0.773. The third-order valence-corrected chi connectivity index (χ3v) is 3.55. The van der Waals surface area contributed by atoms with Gasteiger partial charge in [-0.1, -0.05) is 11.6 Å². The lowest BCUT2D eigenvalue weighted by Gasteiger charge is -2.17. The van der Waals surface area contributed by atoms with Crippen molar-refractivity contribution < 1.29 is 4.74 Å². The van der Waals surface area contributed by atoms with Crippen LogP contribution in [0.3, 0.4) is 0 Å². The first kappa shape index (κ1) is 13.7. The normalized spacial score (nSPS) is 15.3. The second-order valence-electron chi connectivity index (χ2n) is 5.11. The average molecular weight is 269 g/mol. The van der Waals surface area contributed by atoms with Crippen molar-refractivity contribution in [2.24, 2.45) is 5.92 Å². The van der Waals surface area contributed by atoms with Crippen LogP contribution in [0.4, 0.5) is 5.69 Å². The summed E-state index contributed by atoms with van der Waals surface area (Å²) in [7, 11) is 2.07. The molecule has 100 valence electrons. The van der Waals surface area contributed by atoms with Crippen molar-refractivity contribution in [2.45, 2.75) is 19.4 Å². The van der Waals surface area contributed by atoms with Gasteiger partial charge in [-0.3, -0.25) is 4.90 Å². The molecule has 2 rings (SSSR count). The Bertz CT molecular complexity index is 393. The van der Waals surface area contributed by atoms with E-state index in [9.17, 15) is 0 Å². The van der Waals surface area contributed by atoms with Gasteiger partial charge in [0.25, 0.3) is 0 Å². The first-order valence-electron chi connectivity index (χ1n) is 6.45. The van der Waals surface area contributed by atoms with Crippen molar-refractivity contribution in [3.05, 3.63) is 28.8 Å². The van der Waals surface area contributed by atoms with E-state index >= 15 is 0 Å². The average Bonchev–Trinajstić information content (AvgIpc) is 3.13. The highest BCUT2D eigenvalue weighted by Gasteiger charge is 2.20. The minimum Gasteiger partial charge on any atom is -0.399 e. The molecule has 1 saturated carbocycles. The highest BCUT2D eigenvalue weighted by molar-refractivity contribution is 6.31. The molecule has 1 fully saturated rings. The molecule has 0 bridgehead atoms. The minimum atomic E-state index is 0.757. The molecule has 1 aliphatic rings. The Hall–Kier alpha value is -0.770. The summed E-state index contributed by atoms with van der Waals surface area (Å²) >= 11 is 6.14. The van der Waals surface area contributed by atoms with E-state index in [2.05, 4.69) is 11.9 Å². The lowest BCUT2D eigenvalue weighted by molar-refractivity contribution is 0.102. The fourth-order valence-corrected chi connectivity index (χ4v) is 2.02. The third-order valence-electron chi connectivity index (χ3n) is 3.18. The van der Waals surface area contributed by atoms with Gasteiger partial charge >= 0.3 is 0 Å². The Morgan fingerprint density at radius 1 is 1.44 bits per heavy atom. The Balaban J connectivity index is 1.71. The van der Waals surface area contributed by atoms with Crippen LogP contribution in [-0.4, -0.2) is 31.7 Å². The zero-order valence-electron chi connectivity index (χ0n) is 10.9. The van der Waals surface area contributed by atoms with Crippen LogP contribution in [0.15, 0.2) is 18.2 Å². The molecule has 0 aromatic heterocycles. The number of likely N-dealkylation sites (N-methyl/N-ethyl adjacent to an activating group) is 1. The van der Waals surface area contributed by atoms with Crippen LogP contribution >= 0.6 is 11.6 Å². The molecular formula is C14H21ClN2O. The van der Waals surface area contributed by atoms with Gasteiger partial charge in [0.05, 0.1) is 6.61 Å². The van der Waals surface area contributed by atoms with Crippen LogP contribution in [0.5, 0.6) is 0 Å². The maximum absolute atomic E-state index is 6.14. The van der Waals surface area contributed by atoms with Crippen LogP contribution in [0.1, 0.15) is 18.4 Å². The zero-order chi connectivity index (χ0) is 13.0. The second-order valence-corrected chi connectivity index (χ2v) is 5.51. The maximum Gasteiger partial charge on any atom is 0.0593 e. The molecule has 1 aliphatic carbocycles. The molecule has 0 saturated heterocycles. The molecule has 0 aliphatic heterocycles. The summed E-state index contributed by atoms with van der Waals surface area (Å²) in [6.07, 6.45) is 2.68. The zero-order valence-corrected chi connectivity index (χ0v) is 11.6. The topological polar surface area (TPSA) is 38.5 Å². The van der Waals surface area contributed by atoms with Gasteiger partial charge in [0, 0.05) is 30.4 Å². The summed E-state index contributed by atoms with van der Waals surface area (Å²) < 4.78 is 5.62. The third kappa shape index (κ3) is 4.48. The van der Waals surface area contributed by atoms with E-state index in [0.717, 1.165) is 48.5 Å². The van der Waals surface area contributed by atoms with E-state index in [1.807, 2.05) is 18.2 Å². The number of ether oxygens (including phenoxy) is 1. The van der Waals surface area contributed by atoms with Gasteiger partial charge in [-0.05, 0) is 49.6 Å². The molecule has 0 spiro atoms. The van der Waals surface area contributed by atoms with Gasteiger partial charge in [-0.25, -0.2) is 0 Å². The number of hydrogen-bond acceptors (Lipinski definition) is 3. The van der Waals surface area contributed by atoms with Crippen molar-refractivity contribution in [3.8, 4) is 0 Å². The maximum atomic E-state index is 6.14. The first-order chi connectivity index (χ1) is 8.65. The van der Waals surface area contributed by atoms with Crippen LogP contribution in [0.2, 0.25) is 5.02 Å². The molecule has 0 unspecified atom stereocenters. The number of nitrogens with two attached hydrogens (primary N) is 1. The number of halogens is 1. The minimum absolute atomic E-state index is 0.757. The van der Waals surface area contributed by atoms with E-state index in [1.165, 1.54) is 12.8 Å². The number of anilines is 1. The Morgan fingerprint density at radius 3 is 2.94 bits per heavy atom. The summed E-state index contributed by atoms with van der Waals surface area (Å²) in [5.74, 6) is 0.832. The van der Waals surface area contributed by atoms with Gasteiger partial charge in [-0.2, -0.15) is 0 Å². The lowest BCUT2D eigenvalue weighted by atomic mass is 10.2. The van der Waals surface area contributed by atoms with E-state index in [4.69, 9.17) is 22.1 Å². The van der Waals surface area contributed by atoms with Gasteiger partial charge in [-0.15, -0.1) is 0 Å². The molecule has 4 heteroatoms. The van der Waals surface area contributed by atoms with Crippen LogP contribution in [0, 0.1) is 5.92 Å². The fraction of sp³-hybridized carbons (Fsp3) is 0.571. The standard InChI is InChI=1S/C14H21ClN2O/c1-17(6-7-18-10-11-2-3-11)9-12-8-13(16)4-5-14(12)15/h4-5,8,11H,2-3,6-7,9-10,16H2,1H3. The molecule has 0 amide bonds. The molecule has 0 radical (unpaired) electrons. The van der Waals surface area contributed by atoms with Gasteiger partial charge in [0.1, 0.15) is 0 Å². The molecule has 0 atom stereocenters. The number of benzene rings is 1. The number of nitrogens with zero attached hydrogens (tertiary/aromatic N) is 1. The predicted octanol–water partition coefficient (Wildman–Crippen LogP) is 2.78. The van der Waals surface area contributed by atoms with Crippen LogP contribution in [0.25, 0.3) is 0 Å². The van der Waals surface area contributed by atoms with Crippen molar-refractivity contribution >= 4 is 17.3 Å². The highest BCUT2D eigenvalue weighted by Crippen LogP contribution is 2.28. The number of rotatable bonds is 7. The Morgan fingerprint density at radius 2 is 2.22 bits per heavy atom. The number of nitrogen functional groups attached to an aromatic ring is 1. The van der Waals surface area contributed by atoms with Gasteiger partial charge in [0.2, 0.25) is 0 Å². The smallest absolute Gasteiger partial charge is 0.0593 e. The summed E-state index contributed by atoms with van der Waals surface area (Å²) in [4.78, 5) is 2.20. The summed E-state index contributed by atoms with van der Waals surface area (Å²) in [6.45, 7) is 3.42. The second kappa shape index (κ2) is 6.41. The van der Waals surface area contributed by atoms with E-state index in [-0.39, 0.29) is 0 Å². The summed E-state index contributed by atoms with van der Waals surface area (Å²) in [5.41, 5.74) is 7.59. The lowest BCUT2D eigenvalue weighted by Crippen LogP contribution is -2.23. The monoisotopic (exact) mass is 268 g/mol. The quantitative estimate of drug-likeness (QED) is 0.610. The number of hydrogen-bond donors (Lipinski definition) is 1. The van der Waals surface area contributed by atoms with E-state index < -0.39 is 0 Å². The molecule has 2 N–H and O–H groups in total. The molecule has 1 aromatic rings. The predicted molar refractivity (Wildman–Crippen MR) is 75.7 cm³/mol. The van der Waals surface area contributed by atoms with Gasteiger partial charge < -0.3 is 10.5 Å². The molecule has 18 heavy (non-hydrogen) atoms. The van der Waals surface area contributed by atoms with Crippen molar-refractivity contribution in [1.82, 2.24) is 4.90 Å². The SMILES string of the molecule is CN(CCOCC1CC1)Cc1cc(N)ccc1Cl. The first-order valence-corrected chi connectivity index (χ1v) is 6.83. The van der Waals surface area contributed by atoms with Crippen molar-refractivity contribution in [3.63, 3.8) is 0 Å².